The number of non-ortho nitro benzene ring substituents is 1. The van der Waals surface area contributed by atoms with Gasteiger partial charge in [0.05, 0.1) is 10.6 Å². The summed E-state index contributed by atoms with van der Waals surface area (Å²) in [5, 5.41) is 18.8. The van der Waals surface area contributed by atoms with Crippen LogP contribution in [0.15, 0.2) is 65.4 Å². The Kier molecular flexibility index (Phi) is 4.13. The number of pyridine rings is 1. The zero-order valence-electron chi connectivity index (χ0n) is 14.2. The summed E-state index contributed by atoms with van der Waals surface area (Å²) in [5.41, 5.74) is 6.79. The van der Waals surface area contributed by atoms with E-state index in [0.717, 1.165) is 0 Å². The fourth-order valence-corrected chi connectivity index (χ4v) is 2.82. The normalized spacial score (nSPS) is 10.7. The van der Waals surface area contributed by atoms with Crippen LogP contribution in [-0.2, 0) is 0 Å². The molecular formula is C18H12N6O4. The number of anilines is 3. The number of nitrogens with zero attached hydrogens (tertiary/aromatic N) is 5. The molecule has 2 aromatic heterocycles. The monoisotopic (exact) mass is 376 g/mol. The minimum atomic E-state index is -0.553. The second kappa shape index (κ2) is 6.76. The van der Waals surface area contributed by atoms with Gasteiger partial charge in [0.1, 0.15) is 5.82 Å². The third kappa shape index (κ3) is 2.88. The third-order valence-electron chi connectivity index (χ3n) is 4.10. The molecule has 0 aliphatic rings. The first-order chi connectivity index (χ1) is 13.6. The van der Waals surface area contributed by atoms with Crippen LogP contribution < -0.4 is 10.6 Å². The van der Waals surface area contributed by atoms with Crippen molar-refractivity contribution in [3.8, 4) is 0 Å². The van der Waals surface area contributed by atoms with Gasteiger partial charge in [-0.3, -0.25) is 19.8 Å². The van der Waals surface area contributed by atoms with Crippen LogP contribution in [0.25, 0.3) is 11.0 Å². The van der Waals surface area contributed by atoms with Crippen LogP contribution in [0.5, 0.6) is 0 Å². The highest BCUT2D eigenvalue weighted by molar-refractivity contribution is 5.98. The van der Waals surface area contributed by atoms with E-state index in [9.17, 15) is 14.9 Å². The molecule has 10 nitrogen and oxygen atoms in total. The average Bonchev–Trinajstić information content (AvgIpc) is 3.19. The van der Waals surface area contributed by atoms with Crippen molar-refractivity contribution in [3.05, 3.63) is 76.5 Å². The molecule has 4 aromatic rings. The van der Waals surface area contributed by atoms with Crippen molar-refractivity contribution < 1.29 is 14.3 Å². The van der Waals surface area contributed by atoms with Gasteiger partial charge in [0.15, 0.2) is 5.52 Å². The number of nitro benzene ring substituents is 1. The summed E-state index contributed by atoms with van der Waals surface area (Å²) in [5.74, 6) is -0.0122. The lowest BCUT2D eigenvalue weighted by Gasteiger charge is -2.24. The Morgan fingerprint density at radius 3 is 2.43 bits per heavy atom. The molecule has 0 aliphatic heterocycles. The largest absolute Gasteiger partial charge is 0.366 e. The summed E-state index contributed by atoms with van der Waals surface area (Å²) >= 11 is 0. The van der Waals surface area contributed by atoms with E-state index >= 15 is 0 Å². The van der Waals surface area contributed by atoms with Crippen molar-refractivity contribution in [2.24, 2.45) is 5.73 Å². The standard InChI is InChI=1S/C18H12N6O4/c19-18(25)11-4-6-12(7-5-11)23(15-3-1-2-10-20-15)13-8-9-14(24(26)27)17-16(13)21-28-22-17/h1-10H,(H2,19,25). The van der Waals surface area contributed by atoms with E-state index in [-0.39, 0.29) is 16.7 Å². The van der Waals surface area contributed by atoms with E-state index in [4.69, 9.17) is 10.4 Å². The average molecular weight is 376 g/mol. The number of aromatic nitrogens is 3. The molecule has 0 saturated heterocycles. The molecule has 0 radical (unpaired) electrons. The van der Waals surface area contributed by atoms with Crippen LogP contribution in [0.2, 0.25) is 0 Å². The third-order valence-corrected chi connectivity index (χ3v) is 4.10. The SMILES string of the molecule is NC(=O)c1ccc(N(c2ccccn2)c2ccc([N+](=O)[O-])c3nonc23)cc1. The fourth-order valence-electron chi connectivity index (χ4n) is 2.82. The van der Waals surface area contributed by atoms with E-state index in [0.29, 0.717) is 22.8 Å². The Bertz CT molecular complexity index is 1170. The highest BCUT2D eigenvalue weighted by Gasteiger charge is 2.24. The smallest absolute Gasteiger partial charge is 0.300 e. The number of nitro groups is 1. The number of hydrogen-bond acceptors (Lipinski definition) is 8. The Labute approximate surface area is 157 Å². The molecule has 0 atom stereocenters. The van der Waals surface area contributed by atoms with E-state index in [2.05, 4.69) is 15.3 Å². The molecule has 4 rings (SSSR count). The minimum Gasteiger partial charge on any atom is -0.366 e. The van der Waals surface area contributed by atoms with Gasteiger partial charge in [0.2, 0.25) is 11.4 Å². The molecule has 2 heterocycles. The first kappa shape index (κ1) is 17.1. The van der Waals surface area contributed by atoms with Gasteiger partial charge in [0, 0.05) is 23.5 Å². The summed E-state index contributed by atoms with van der Waals surface area (Å²) < 4.78 is 4.76. The number of primary amides is 1. The summed E-state index contributed by atoms with van der Waals surface area (Å²) in [6, 6.07) is 14.7. The maximum atomic E-state index is 11.4. The van der Waals surface area contributed by atoms with Crippen molar-refractivity contribution in [2.75, 3.05) is 4.90 Å². The van der Waals surface area contributed by atoms with Crippen molar-refractivity contribution in [1.82, 2.24) is 15.3 Å². The van der Waals surface area contributed by atoms with Gasteiger partial charge in [-0.15, -0.1) is 0 Å². The van der Waals surface area contributed by atoms with E-state index in [1.807, 2.05) is 0 Å². The molecule has 0 fully saturated rings. The van der Waals surface area contributed by atoms with Gasteiger partial charge in [-0.2, -0.15) is 0 Å². The number of hydrogen-bond donors (Lipinski definition) is 1. The number of rotatable bonds is 5. The van der Waals surface area contributed by atoms with Crippen LogP contribution >= 0.6 is 0 Å². The molecule has 28 heavy (non-hydrogen) atoms. The van der Waals surface area contributed by atoms with E-state index < -0.39 is 10.8 Å². The van der Waals surface area contributed by atoms with Gasteiger partial charge in [-0.25, -0.2) is 9.61 Å². The maximum absolute atomic E-state index is 11.4. The molecule has 1 amide bonds. The van der Waals surface area contributed by atoms with Crippen LogP contribution in [0.1, 0.15) is 10.4 Å². The number of fused-ring (bicyclic) bond motifs is 1. The highest BCUT2D eigenvalue weighted by atomic mass is 16.6. The molecule has 0 unspecified atom stereocenters. The molecule has 2 aromatic carbocycles. The number of nitrogens with two attached hydrogens (primary N) is 1. The van der Waals surface area contributed by atoms with Crippen LogP contribution in [-0.4, -0.2) is 26.1 Å². The summed E-state index contributed by atoms with van der Waals surface area (Å²) in [4.78, 5) is 28.2. The van der Waals surface area contributed by atoms with Gasteiger partial charge in [-0.1, -0.05) is 6.07 Å². The molecule has 0 aliphatic carbocycles. The zero-order chi connectivity index (χ0) is 19.7. The lowest BCUT2D eigenvalue weighted by molar-refractivity contribution is -0.383. The maximum Gasteiger partial charge on any atom is 0.300 e. The Morgan fingerprint density at radius 2 is 1.79 bits per heavy atom. The first-order valence-corrected chi connectivity index (χ1v) is 8.07. The Balaban J connectivity index is 1.94. The number of carbonyl (C=O) groups excluding carboxylic acids is 1. The molecule has 138 valence electrons. The lowest BCUT2D eigenvalue weighted by Crippen LogP contribution is -2.14. The van der Waals surface area contributed by atoms with Crippen molar-refractivity contribution in [2.45, 2.75) is 0 Å². The van der Waals surface area contributed by atoms with Crippen LogP contribution in [0, 0.1) is 10.1 Å². The predicted octanol–water partition coefficient (Wildman–Crippen LogP) is 3.09. The minimum absolute atomic E-state index is 0.0252. The highest BCUT2D eigenvalue weighted by Crippen LogP contribution is 2.39. The van der Waals surface area contributed by atoms with Gasteiger partial charge >= 0.3 is 5.69 Å². The van der Waals surface area contributed by atoms with Crippen LogP contribution in [0.4, 0.5) is 22.9 Å². The summed E-state index contributed by atoms with van der Waals surface area (Å²) in [6.45, 7) is 0. The number of carbonyl (C=O) groups is 1. The fraction of sp³-hybridized carbons (Fsp3) is 0. The van der Waals surface area contributed by atoms with Crippen molar-refractivity contribution >= 4 is 39.8 Å². The second-order valence-electron chi connectivity index (χ2n) is 5.76. The van der Waals surface area contributed by atoms with Gasteiger partial charge < -0.3 is 5.73 Å². The van der Waals surface area contributed by atoms with Gasteiger partial charge in [-0.05, 0) is 52.8 Å². The van der Waals surface area contributed by atoms with Gasteiger partial charge in [0.25, 0.3) is 0 Å². The topological polar surface area (TPSA) is 141 Å². The Morgan fingerprint density at radius 1 is 1.04 bits per heavy atom. The molecule has 0 bridgehead atoms. The first-order valence-electron chi connectivity index (χ1n) is 8.07. The van der Waals surface area contributed by atoms with E-state index in [1.54, 1.807) is 59.6 Å². The van der Waals surface area contributed by atoms with Crippen molar-refractivity contribution in [1.29, 1.82) is 0 Å². The van der Waals surface area contributed by atoms with Crippen molar-refractivity contribution in [3.63, 3.8) is 0 Å². The Hall–Kier alpha value is -4.34. The second-order valence-corrected chi connectivity index (χ2v) is 5.76. The molecule has 2 N–H and O–H groups in total. The zero-order valence-corrected chi connectivity index (χ0v) is 14.2. The van der Waals surface area contributed by atoms with E-state index in [1.165, 1.54) is 6.07 Å². The predicted molar refractivity (Wildman–Crippen MR) is 99.5 cm³/mol. The van der Waals surface area contributed by atoms with Crippen LogP contribution in [0.3, 0.4) is 0 Å². The molecule has 0 saturated carbocycles. The molecule has 10 heteroatoms. The number of benzene rings is 2. The number of amides is 1. The quantitative estimate of drug-likeness (QED) is 0.414. The summed E-state index contributed by atoms with van der Waals surface area (Å²) in [7, 11) is 0. The molecule has 0 spiro atoms. The lowest BCUT2D eigenvalue weighted by atomic mass is 10.1. The summed E-state index contributed by atoms with van der Waals surface area (Å²) in [6.07, 6.45) is 1.61. The molecular weight excluding hydrogens is 364 g/mol.